The maximum Gasteiger partial charge on any atom is 0.323 e. The standard InChI is InChI=1S/C31H34N6O4S/c1-17(2)41-22-8-9-24(18(3)13-22)42-27(26-25-23(35-31(40)36-26)10-11-33-29(25)42)28(38)34-21-5-4-12-37(16-21)30(39)20(15-32)14-19-6-7-19/h8-11,13-14,17,19,21,42H,4-7,12,16H2,1-3H3,(H,34,38)(H2,35,36,40)/b20-14+. The third-order valence-electron chi connectivity index (χ3n) is 7.75. The summed E-state index contributed by atoms with van der Waals surface area (Å²) < 4.78 is 5.90. The monoisotopic (exact) mass is 586 g/mol. The number of pyridine rings is 1. The predicted molar refractivity (Wildman–Crippen MR) is 160 cm³/mol. The van der Waals surface area contributed by atoms with Crippen molar-refractivity contribution in [2.45, 2.75) is 68.5 Å². The molecular formula is C31H34N6O4S. The molecule has 2 atom stereocenters. The number of hydrogen-bond acceptors (Lipinski definition) is 6. The highest BCUT2D eigenvalue weighted by Gasteiger charge is 2.41. The fourth-order valence-electron chi connectivity index (χ4n) is 5.73. The van der Waals surface area contributed by atoms with Crippen LogP contribution in [0, 0.1) is 24.2 Å². The molecule has 0 radical (unpaired) electrons. The maximum absolute atomic E-state index is 14.2. The number of amides is 4. The first-order chi connectivity index (χ1) is 20.2. The number of aromatic nitrogens is 1. The van der Waals surface area contributed by atoms with E-state index in [9.17, 15) is 19.6 Å². The molecule has 1 aromatic heterocycles. The van der Waals surface area contributed by atoms with Gasteiger partial charge in [0.2, 0.25) is 0 Å². The number of ether oxygens (including phenoxy) is 1. The number of piperidine rings is 1. The minimum absolute atomic E-state index is 0.0241. The highest BCUT2D eigenvalue weighted by Crippen LogP contribution is 2.61. The molecule has 1 saturated carbocycles. The van der Waals surface area contributed by atoms with Crippen LogP contribution < -0.4 is 20.7 Å². The second-order valence-corrected chi connectivity index (χ2v) is 13.4. The molecule has 1 saturated heterocycles. The maximum atomic E-state index is 14.2. The second-order valence-electron chi connectivity index (χ2n) is 11.4. The van der Waals surface area contributed by atoms with Crippen LogP contribution in [0.2, 0.25) is 0 Å². The van der Waals surface area contributed by atoms with Gasteiger partial charge in [-0.2, -0.15) is 5.26 Å². The van der Waals surface area contributed by atoms with Crippen LogP contribution in [0.15, 0.2) is 56.9 Å². The summed E-state index contributed by atoms with van der Waals surface area (Å²) in [4.78, 5) is 47.7. The van der Waals surface area contributed by atoms with E-state index in [0.717, 1.165) is 39.6 Å². The van der Waals surface area contributed by atoms with E-state index in [0.29, 0.717) is 48.1 Å². The Balaban J connectivity index is 1.31. The van der Waals surface area contributed by atoms with Gasteiger partial charge in [-0.1, -0.05) is 6.08 Å². The minimum atomic E-state index is -1.41. The number of nitrogens with one attached hydrogen (secondary N) is 3. The zero-order valence-electron chi connectivity index (χ0n) is 23.9. The minimum Gasteiger partial charge on any atom is -0.491 e. The van der Waals surface area contributed by atoms with Crippen molar-refractivity contribution in [2.75, 3.05) is 18.4 Å². The zero-order valence-corrected chi connectivity index (χ0v) is 24.8. The molecule has 1 aliphatic carbocycles. The van der Waals surface area contributed by atoms with Gasteiger partial charge in [-0.25, -0.2) is 4.79 Å². The van der Waals surface area contributed by atoms with Gasteiger partial charge in [-0.3, -0.25) is 14.6 Å². The van der Waals surface area contributed by atoms with Crippen molar-refractivity contribution in [3.05, 3.63) is 58.1 Å². The summed E-state index contributed by atoms with van der Waals surface area (Å²) in [6.45, 7) is 6.79. The molecule has 6 rings (SSSR count). The first-order valence-electron chi connectivity index (χ1n) is 14.3. The summed E-state index contributed by atoms with van der Waals surface area (Å²) in [5, 5.41) is 19.2. The van der Waals surface area contributed by atoms with Crippen LogP contribution >= 0.6 is 10.9 Å². The van der Waals surface area contributed by atoms with E-state index in [1.54, 1.807) is 23.2 Å². The molecular weight excluding hydrogens is 552 g/mol. The average Bonchev–Trinajstić information content (AvgIpc) is 3.72. The van der Waals surface area contributed by atoms with Gasteiger partial charge in [-0.15, -0.1) is 10.9 Å². The topological polar surface area (TPSA) is 136 Å². The average molecular weight is 587 g/mol. The first kappa shape index (κ1) is 27.8. The molecule has 4 aliphatic rings. The van der Waals surface area contributed by atoms with Crippen LogP contribution in [-0.2, 0) is 9.59 Å². The number of carbonyl (C=O) groups is 3. The molecule has 3 aliphatic heterocycles. The van der Waals surface area contributed by atoms with Gasteiger partial charge in [0.15, 0.2) is 0 Å². The highest BCUT2D eigenvalue weighted by atomic mass is 32.2. The Morgan fingerprint density at radius 3 is 2.76 bits per heavy atom. The predicted octanol–water partition coefficient (Wildman–Crippen LogP) is 4.38. The second kappa shape index (κ2) is 11.2. The van der Waals surface area contributed by atoms with Gasteiger partial charge < -0.3 is 25.6 Å². The van der Waals surface area contributed by atoms with Crippen LogP contribution in [0.5, 0.6) is 5.75 Å². The Kier molecular flexibility index (Phi) is 7.41. The number of aryl methyl sites for hydroxylation is 1. The number of likely N-dealkylation sites (tertiary alicyclic amines) is 1. The Morgan fingerprint density at radius 1 is 1.24 bits per heavy atom. The molecule has 4 amide bonds. The Morgan fingerprint density at radius 2 is 2.05 bits per heavy atom. The molecule has 1 aromatic carbocycles. The van der Waals surface area contributed by atoms with Crippen molar-refractivity contribution in [3.8, 4) is 11.8 Å². The van der Waals surface area contributed by atoms with Gasteiger partial charge in [0.25, 0.3) is 11.8 Å². The largest absolute Gasteiger partial charge is 0.491 e. The molecule has 3 N–H and O–H groups in total. The Hall–Kier alpha value is -4.30. The van der Waals surface area contributed by atoms with E-state index >= 15 is 0 Å². The lowest BCUT2D eigenvalue weighted by atomic mass is 10.0. The van der Waals surface area contributed by atoms with Crippen LogP contribution in [-0.4, -0.2) is 53.0 Å². The Labute approximate surface area is 247 Å². The van der Waals surface area contributed by atoms with Crippen LogP contribution in [0.4, 0.5) is 10.5 Å². The number of hydrogen-bond donors (Lipinski definition) is 4. The summed E-state index contributed by atoms with van der Waals surface area (Å²) in [5.41, 5.74) is 2.97. The molecule has 4 heterocycles. The fourth-order valence-corrected chi connectivity index (χ4v) is 8.35. The van der Waals surface area contributed by atoms with Gasteiger partial charge in [0.05, 0.1) is 33.0 Å². The van der Waals surface area contributed by atoms with Crippen molar-refractivity contribution < 1.29 is 19.1 Å². The lowest BCUT2D eigenvalue weighted by molar-refractivity contribution is -0.129. The zero-order chi connectivity index (χ0) is 29.5. The van der Waals surface area contributed by atoms with E-state index in [-0.39, 0.29) is 29.5 Å². The van der Waals surface area contributed by atoms with Crippen molar-refractivity contribution >= 4 is 40.1 Å². The van der Waals surface area contributed by atoms with Gasteiger partial charge in [-0.05, 0) is 82.2 Å². The number of urea groups is 1. The van der Waals surface area contributed by atoms with E-state index in [4.69, 9.17) is 9.72 Å². The molecule has 0 bridgehead atoms. The molecule has 10 nitrogen and oxygen atoms in total. The molecule has 2 unspecified atom stereocenters. The molecule has 11 heteroatoms. The third-order valence-corrected chi connectivity index (χ3v) is 10.4. The number of carbonyl (C=O) groups excluding carboxylic acids is 3. The Bertz CT molecular complexity index is 1590. The number of rotatable bonds is 7. The molecule has 2 fully saturated rings. The molecule has 2 aromatic rings. The SMILES string of the molecule is Cc1cc(OC(C)C)ccc1[SH]1C(C(=O)NC2CCCN(C(=O)/C(C#N)=C/C3CC3)C2)=C2NC(=O)Nc3ccnc1c32. The van der Waals surface area contributed by atoms with Gasteiger partial charge in [0.1, 0.15) is 17.4 Å². The summed E-state index contributed by atoms with van der Waals surface area (Å²) in [6.07, 6.45) is 6.90. The van der Waals surface area contributed by atoms with E-state index in [2.05, 4.69) is 22.0 Å². The van der Waals surface area contributed by atoms with Crippen molar-refractivity contribution in [2.24, 2.45) is 5.92 Å². The van der Waals surface area contributed by atoms with Crippen LogP contribution in [0.25, 0.3) is 5.70 Å². The summed E-state index contributed by atoms with van der Waals surface area (Å²) >= 11 is 0. The van der Waals surface area contributed by atoms with E-state index < -0.39 is 16.9 Å². The van der Waals surface area contributed by atoms with Crippen molar-refractivity contribution in [1.82, 2.24) is 20.5 Å². The number of benzene rings is 1. The summed E-state index contributed by atoms with van der Waals surface area (Å²) in [6, 6.07) is 8.97. The summed E-state index contributed by atoms with van der Waals surface area (Å²) in [5.74, 6) is 0.488. The highest BCUT2D eigenvalue weighted by molar-refractivity contribution is 8.21. The number of nitriles is 1. The normalized spacial score (nSPS) is 22.2. The first-order valence-corrected chi connectivity index (χ1v) is 15.7. The van der Waals surface area contributed by atoms with Crippen molar-refractivity contribution in [1.29, 1.82) is 5.26 Å². The van der Waals surface area contributed by atoms with Crippen LogP contribution in [0.1, 0.15) is 50.7 Å². The molecule has 42 heavy (non-hydrogen) atoms. The molecule has 218 valence electrons. The van der Waals surface area contributed by atoms with E-state index in [1.165, 1.54) is 0 Å². The third kappa shape index (κ3) is 5.34. The summed E-state index contributed by atoms with van der Waals surface area (Å²) in [7, 11) is -1.41. The molecule has 0 spiro atoms. The number of allylic oxidation sites excluding steroid dienone is 1. The van der Waals surface area contributed by atoms with Gasteiger partial charge in [0, 0.05) is 30.2 Å². The smallest absolute Gasteiger partial charge is 0.323 e. The van der Waals surface area contributed by atoms with E-state index in [1.807, 2.05) is 39.0 Å². The number of anilines is 1. The van der Waals surface area contributed by atoms with Crippen LogP contribution in [0.3, 0.4) is 0 Å². The fraction of sp³-hybridized carbons (Fsp3) is 0.387. The lowest BCUT2D eigenvalue weighted by Gasteiger charge is -2.33. The lowest BCUT2D eigenvalue weighted by Crippen LogP contribution is -2.50. The number of nitrogens with zero attached hydrogens (tertiary/aromatic N) is 3. The van der Waals surface area contributed by atoms with Crippen molar-refractivity contribution in [3.63, 3.8) is 0 Å². The number of thiol groups is 1. The quantitative estimate of drug-likeness (QED) is 0.216. The van der Waals surface area contributed by atoms with Gasteiger partial charge >= 0.3 is 6.03 Å².